The number of nitrogens with zero attached hydrogens (tertiary/aromatic N) is 1. The quantitative estimate of drug-likeness (QED) is 0.733. The summed E-state index contributed by atoms with van der Waals surface area (Å²) >= 11 is 1.61. The molecule has 7 heteroatoms. The van der Waals surface area contributed by atoms with Crippen LogP contribution in [0.15, 0.2) is 39.6 Å². The maximum absolute atomic E-state index is 12.8. The molecule has 1 atom stereocenters. The van der Waals surface area contributed by atoms with Crippen LogP contribution in [0.4, 0.5) is 0 Å². The highest BCUT2D eigenvalue weighted by Gasteiger charge is 2.26. The first kappa shape index (κ1) is 19.8. The Balaban J connectivity index is 1.74. The van der Waals surface area contributed by atoms with E-state index in [0.29, 0.717) is 31.1 Å². The van der Waals surface area contributed by atoms with Crippen molar-refractivity contribution in [3.05, 3.63) is 47.4 Å². The Labute approximate surface area is 164 Å². The molecule has 6 nitrogen and oxygen atoms in total. The van der Waals surface area contributed by atoms with E-state index in [9.17, 15) is 4.79 Å². The number of thioether (sulfide) groups is 1. The number of hydrogen-bond donors (Lipinski definition) is 1. The van der Waals surface area contributed by atoms with Crippen LogP contribution in [0.1, 0.15) is 27.9 Å². The van der Waals surface area contributed by atoms with E-state index < -0.39 is 0 Å². The molecule has 1 aromatic carbocycles. The SMILES string of the molecule is COc1cc(SC)ccc1C(=O)NC[C@H](c1ccc(C)o1)N1CCOCC1. The lowest BCUT2D eigenvalue weighted by atomic mass is 10.1. The standard InChI is InChI=1S/C20H26N2O4S/c1-14-4-7-18(26-14)17(22-8-10-25-11-9-22)13-21-20(23)16-6-5-15(27-3)12-19(16)24-2/h4-7,12,17H,8-11,13H2,1-3H3,(H,21,23)/t17-/m1/s1. The largest absolute Gasteiger partial charge is 0.496 e. The van der Waals surface area contributed by atoms with Crippen LogP contribution < -0.4 is 10.1 Å². The molecule has 0 unspecified atom stereocenters. The van der Waals surface area contributed by atoms with Crippen molar-refractivity contribution in [2.24, 2.45) is 0 Å². The molecule has 1 aromatic heterocycles. The first-order valence-electron chi connectivity index (χ1n) is 9.00. The van der Waals surface area contributed by atoms with Gasteiger partial charge in [0.15, 0.2) is 0 Å². The van der Waals surface area contributed by atoms with Gasteiger partial charge in [-0.2, -0.15) is 0 Å². The molecule has 1 N–H and O–H groups in total. The summed E-state index contributed by atoms with van der Waals surface area (Å²) in [4.78, 5) is 16.1. The predicted molar refractivity (Wildman–Crippen MR) is 106 cm³/mol. The van der Waals surface area contributed by atoms with Gasteiger partial charge in [0.25, 0.3) is 5.91 Å². The van der Waals surface area contributed by atoms with Gasteiger partial charge in [0.05, 0.1) is 31.9 Å². The number of aryl methyl sites for hydroxylation is 1. The number of carbonyl (C=O) groups is 1. The normalized spacial score (nSPS) is 16.1. The summed E-state index contributed by atoms with van der Waals surface area (Å²) < 4.78 is 16.7. The van der Waals surface area contributed by atoms with Gasteiger partial charge in [-0.25, -0.2) is 0 Å². The molecule has 0 radical (unpaired) electrons. The number of methoxy groups -OCH3 is 1. The van der Waals surface area contributed by atoms with Crippen molar-refractivity contribution in [3.63, 3.8) is 0 Å². The van der Waals surface area contributed by atoms with Crippen molar-refractivity contribution < 1.29 is 18.7 Å². The van der Waals surface area contributed by atoms with Gasteiger partial charge in [-0.15, -0.1) is 11.8 Å². The maximum Gasteiger partial charge on any atom is 0.255 e. The fourth-order valence-corrected chi connectivity index (χ4v) is 3.63. The molecule has 1 saturated heterocycles. The summed E-state index contributed by atoms with van der Waals surface area (Å²) in [6.07, 6.45) is 1.99. The molecule has 1 aliphatic rings. The number of rotatable bonds is 7. The molecule has 0 spiro atoms. The van der Waals surface area contributed by atoms with E-state index in [4.69, 9.17) is 13.9 Å². The number of hydrogen-bond acceptors (Lipinski definition) is 6. The molecule has 27 heavy (non-hydrogen) atoms. The maximum atomic E-state index is 12.8. The van der Waals surface area contributed by atoms with Gasteiger partial charge < -0.3 is 19.2 Å². The minimum absolute atomic E-state index is 0.0250. The average Bonchev–Trinajstić information content (AvgIpc) is 3.14. The second-order valence-electron chi connectivity index (χ2n) is 6.39. The topological polar surface area (TPSA) is 63.9 Å². The average molecular weight is 391 g/mol. The summed E-state index contributed by atoms with van der Waals surface area (Å²) in [7, 11) is 1.58. The molecule has 3 rings (SSSR count). The number of furan rings is 1. The summed E-state index contributed by atoms with van der Waals surface area (Å²) in [5, 5.41) is 3.05. The summed E-state index contributed by atoms with van der Waals surface area (Å²) in [6.45, 7) is 5.39. The van der Waals surface area contributed by atoms with Crippen molar-refractivity contribution in [1.82, 2.24) is 10.2 Å². The number of amides is 1. The number of nitrogens with one attached hydrogen (secondary N) is 1. The van der Waals surface area contributed by atoms with Crippen LogP contribution in [-0.2, 0) is 4.74 Å². The minimum atomic E-state index is -0.152. The van der Waals surface area contributed by atoms with E-state index in [1.54, 1.807) is 24.9 Å². The van der Waals surface area contributed by atoms with Gasteiger partial charge in [0.1, 0.15) is 17.3 Å². The number of ether oxygens (including phenoxy) is 2. The second kappa shape index (κ2) is 9.30. The van der Waals surface area contributed by atoms with E-state index in [2.05, 4.69) is 10.2 Å². The van der Waals surface area contributed by atoms with Crippen LogP contribution in [0.25, 0.3) is 0 Å². The van der Waals surface area contributed by atoms with Crippen molar-refractivity contribution in [2.45, 2.75) is 17.9 Å². The van der Waals surface area contributed by atoms with Gasteiger partial charge in [-0.1, -0.05) is 0 Å². The van der Waals surface area contributed by atoms with E-state index in [-0.39, 0.29) is 11.9 Å². The van der Waals surface area contributed by atoms with Gasteiger partial charge >= 0.3 is 0 Å². The Kier molecular flexibility index (Phi) is 6.82. The molecule has 2 heterocycles. The zero-order chi connectivity index (χ0) is 19.2. The van der Waals surface area contributed by atoms with Crippen molar-refractivity contribution in [1.29, 1.82) is 0 Å². The highest BCUT2D eigenvalue weighted by molar-refractivity contribution is 7.98. The van der Waals surface area contributed by atoms with Gasteiger partial charge in [-0.3, -0.25) is 9.69 Å². The number of benzene rings is 1. The van der Waals surface area contributed by atoms with Crippen LogP contribution in [-0.4, -0.2) is 57.0 Å². The Morgan fingerprint density at radius 1 is 1.30 bits per heavy atom. The molecule has 2 aromatic rings. The minimum Gasteiger partial charge on any atom is -0.496 e. The Morgan fingerprint density at radius 2 is 2.07 bits per heavy atom. The van der Waals surface area contributed by atoms with E-state index in [1.807, 2.05) is 37.4 Å². The van der Waals surface area contributed by atoms with Gasteiger partial charge in [0.2, 0.25) is 0 Å². The third kappa shape index (κ3) is 4.86. The zero-order valence-corrected chi connectivity index (χ0v) is 16.8. The van der Waals surface area contributed by atoms with E-state index in [1.165, 1.54) is 0 Å². The van der Waals surface area contributed by atoms with Crippen LogP contribution in [0.2, 0.25) is 0 Å². The number of carbonyl (C=O) groups excluding carboxylic acids is 1. The lowest BCUT2D eigenvalue weighted by molar-refractivity contribution is 0.0117. The smallest absolute Gasteiger partial charge is 0.255 e. The van der Waals surface area contributed by atoms with Crippen molar-refractivity contribution in [3.8, 4) is 5.75 Å². The summed E-state index contributed by atoms with van der Waals surface area (Å²) in [5.41, 5.74) is 0.534. The van der Waals surface area contributed by atoms with E-state index in [0.717, 1.165) is 29.5 Å². The first-order valence-corrected chi connectivity index (χ1v) is 10.2. The third-order valence-electron chi connectivity index (χ3n) is 4.69. The molecule has 1 amide bonds. The van der Waals surface area contributed by atoms with Crippen LogP contribution in [0.3, 0.4) is 0 Å². The van der Waals surface area contributed by atoms with Crippen molar-refractivity contribution >= 4 is 17.7 Å². The number of morpholine rings is 1. The molecule has 0 bridgehead atoms. The zero-order valence-electron chi connectivity index (χ0n) is 16.0. The Bertz CT molecular complexity index is 771. The summed E-state index contributed by atoms with van der Waals surface area (Å²) in [6, 6.07) is 9.53. The highest BCUT2D eigenvalue weighted by Crippen LogP contribution is 2.26. The van der Waals surface area contributed by atoms with Gasteiger partial charge in [0, 0.05) is 24.5 Å². The lowest BCUT2D eigenvalue weighted by Crippen LogP contribution is -2.43. The summed E-state index contributed by atoms with van der Waals surface area (Å²) in [5.74, 6) is 2.15. The first-order chi connectivity index (χ1) is 13.1. The van der Waals surface area contributed by atoms with Crippen LogP contribution >= 0.6 is 11.8 Å². The fourth-order valence-electron chi connectivity index (χ4n) is 3.20. The molecule has 1 aliphatic heterocycles. The van der Waals surface area contributed by atoms with E-state index >= 15 is 0 Å². The predicted octanol–water partition coefficient (Wildman–Crippen LogP) is 3.12. The molecule has 1 fully saturated rings. The molecule has 0 saturated carbocycles. The van der Waals surface area contributed by atoms with Crippen LogP contribution in [0.5, 0.6) is 5.75 Å². The molecular formula is C20H26N2O4S. The van der Waals surface area contributed by atoms with Gasteiger partial charge in [-0.05, 0) is 43.5 Å². The highest BCUT2D eigenvalue weighted by atomic mass is 32.2. The molecule has 0 aliphatic carbocycles. The Morgan fingerprint density at radius 3 is 2.70 bits per heavy atom. The van der Waals surface area contributed by atoms with Crippen LogP contribution in [0, 0.1) is 6.92 Å². The molecule has 146 valence electrons. The third-order valence-corrected chi connectivity index (χ3v) is 5.41. The lowest BCUT2D eigenvalue weighted by Gasteiger charge is -2.33. The fraction of sp³-hybridized carbons (Fsp3) is 0.450. The van der Waals surface area contributed by atoms with Crippen molar-refractivity contribution in [2.75, 3.05) is 46.2 Å². The molecular weight excluding hydrogens is 364 g/mol. The Hall–Kier alpha value is -1.96. The monoisotopic (exact) mass is 390 g/mol. The second-order valence-corrected chi connectivity index (χ2v) is 7.27.